The lowest BCUT2D eigenvalue weighted by molar-refractivity contribution is -0.146. The van der Waals surface area contributed by atoms with Gasteiger partial charge in [-0.2, -0.15) is 17.9 Å². The topological polar surface area (TPSA) is 85.3 Å². The molecule has 2 saturated heterocycles. The van der Waals surface area contributed by atoms with E-state index in [9.17, 15) is 13.2 Å². The normalized spacial score (nSPS) is 21.8. The fraction of sp³-hybridized carbons (Fsp3) is 0.367. The number of tetrazole rings is 1. The van der Waals surface area contributed by atoms with Gasteiger partial charge in [0, 0.05) is 55.8 Å². The predicted molar refractivity (Wildman–Crippen MR) is 148 cm³/mol. The summed E-state index contributed by atoms with van der Waals surface area (Å²) in [7, 11) is 1.56. The number of fused-ring (bicyclic) bond motifs is 1. The zero-order valence-electron chi connectivity index (χ0n) is 22.7. The van der Waals surface area contributed by atoms with Gasteiger partial charge in [-0.15, -0.1) is 5.10 Å². The van der Waals surface area contributed by atoms with Crippen molar-refractivity contribution in [3.63, 3.8) is 0 Å². The molecular weight excluding hydrogens is 531 g/mol. The largest absolute Gasteiger partial charge is 0.496 e. The second kappa shape index (κ2) is 11.2. The maximum atomic E-state index is 13.5. The molecule has 4 aromatic rings. The van der Waals surface area contributed by atoms with Crippen LogP contribution < -0.4 is 10.5 Å². The van der Waals surface area contributed by atoms with E-state index in [2.05, 4.69) is 73.9 Å². The van der Waals surface area contributed by atoms with E-state index < -0.39 is 12.0 Å². The van der Waals surface area contributed by atoms with Gasteiger partial charge in [0.2, 0.25) is 0 Å². The molecule has 3 aromatic carbocycles. The van der Waals surface area contributed by atoms with Gasteiger partial charge in [-0.25, -0.2) is 0 Å². The van der Waals surface area contributed by atoms with Crippen molar-refractivity contribution in [2.75, 3.05) is 26.7 Å². The highest BCUT2D eigenvalue weighted by Gasteiger charge is 2.45. The predicted octanol–water partition coefficient (Wildman–Crippen LogP) is 4.11. The van der Waals surface area contributed by atoms with Crippen molar-refractivity contribution in [2.45, 2.75) is 43.2 Å². The molecule has 11 heteroatoms. The van der Waals surface area contributed by atoms with E-state index in [1.54, 1.807) is 19.2 Å². The first-order chi connectivity index (χ1) is 19.8. The molecule has 2 fully saturated rings. The third kappa shape index (κ3) is 5.44. The lowest BCUT2D eigenvalue weighted by Crippen LogP contribution is -2.60. The molecule has 0 aliphatic carbocycles. The maximum Gasteiger partial charge on any atom is 0.453 e. The number of halogens is 3. The van der Waals surface area contributed by atoms with Gasteiger partial charge in [-0.3, -0.25) is 9.80 Å². The Morgan fingerprint density at radius 2 is 1.66 bits per heavy atom. The summed E-state index contributed by atoms with van der Waals surface area (Å²) in [6.45, 7) is 2.91. The maximum absolute atomic E-state index is 13.5. The summed E-state index contributed by atoms with van der Waals surface area (Å²) in [5.41, 5.74) is 10.1. The molecule has 0 radical (unpaired) electrons. The van der Waals surface area contributed by atoms with E-state index in [1.165, 1.54) is 17.2 Å². The zero-order valence-corrected chi connectivity index (χ0v) is 22.7. The van der Waals surface area contributed by atoms with Crippen LogP contribution in [0.1, 0.15) is 34.9 Å². The van der Waals surface area contributed by atoms with Crippen molar-refractivity contribution in [2.24, 2.45) is 5.73 Å². The van der Waals surface area contributed by atoms with Gasteiger partial charge in [0.25, 0.3) is 5.82 Å². The summed E-state index contributed by atoms with van der Waals surface area (Å²) < 4.78 is 47.0. The minimum absolute atomic E-state index is 0.0382. The Balaban J connectivity index is 1.36. The molecule has 8 nitrogen and oxygen atoms in total. The molecule has 0 amide bonds. The zero-order chi connectivity index (χ0) is 28.6. The number of hydrogen-bond donors (Lipinski definition) is 1. The molecule has 6 rings (SSSR count). The van der Waals surface area contributed by atoms with Gasteiger partial charge in [-0.1, -0.05) is 60.7 Å². The van der Waals surface area contributed by atoms with Crippen LogP contribution in [-0.2, 0) is 12.7 Å². The summed E-state index contributed by atoms with van der Waals surface area (Å²) in [5.74, 6) is -0.461. The molecule has 2 aliphatic rings. The minimum Gasteiger partial charge on any atom is -0.496 e. The standard InChI is InChI=1S/C30H32F3N7O/c1-41-27-13-12-23(40-29(30(31,32)33)35-36-37-40)16-22(27)17-38-18-25-24(34)14-15-39(25)26(19-38)28(20-8-4-2-5-9-20)21-10-6-3-7-11-21/h2-13,16,24-26,28H,14-15,17-19,34H2,1H3/t24-,25+,26-/m0/s1. The van der Waals surface area contributed by atoms with Crippen LogP contribution in [0.4, 0.5) is 13.2 Å². The fourth-order valence-corrected chi connectivity index (χ4v) is 6.45. The lowest BCUT2D eigenvalue weighted by Gasteiger charge is -2.48. The Kier molecular flexibility index (Phi) is 7.50. The number of nitrogens with zero attached hydrogens (tertiary/aromatic N) is 6. The number of ether oxygens (including phenoxy) is 1. The highest BCUT2D eigenvalue weighted by molar-refractivity contribution is 5.44. The Hall–Kier alpha value is -3.80. The quantitative estimate of drug-likeness (QED) is 0.362. The Morgan fingerprint density at radius 1 is 0.976 bits per heavy atom. The van der Waals surface area contributed by atoms with Crippen molar-refractivity contribution < 1.29 is 17.9 Å². The highest BCUT2D eigenvalue weighted by Crippen LogP contribution is 2.38. The molecule has 1 aromatic heterocycles. The molecule has 0 unspecified atom stereocenters. The average molecular weight is 564 g/mol. The van der Waals surface area contributed by atoms with Gasteiger partial charge >= 0.3 is 6.18 Å². The van der Waals surface area contributed by atoms with Gasteiger partial charge in [0.1, 0.15) is 5.75 Å². The minimum atomic E-state index is -4.68. The molecule has 0 saturated carbocycles. The molecule has 0 spiro atoms. The van der Waals surface area contributed by atoms with E-state index >= 15 is 0 Å². The van der Waals surface area contributed by atoms with E-state index in [4.69, 9.17) is 10.5 Å². The third-order valence-electron chi connectivity index (χ3n) is 8.29. The van der Waals surface area contributed by atoms with Crippen LogP contribution in [0, 0.1) is 0 Å². The Bertz CT molecular complexity index is 1420. The first-order valence-corrected chi connectivity index (χ1v) is 13.7. The molecule has 0 bridgehead atoms. The van der Waals surface area contributed by atoms with Gasteiger partial charge in [0.05, 0.1) is 12.8 Å². The first-order valence-electron chi connectivity index (χ1n) is 13.7. The monoisotopic (exact) mass is 563 g/mol. The number of benzene rings is 3. The van der Waals surface area contributed by atoms with Crippen LogP contribution in [-0.4, -0.2) is 74.9 Å². The first kappa shape index (κ1) is 27.4. The second-order valence-corrected chi connectivity index (χ2v) is 10.7. The van der Waals surface area contributed by atoms with Gasteiger partial charge in [0.15, 0.2) is 0 Å². The number of piperazine rings is 1. The van der Waals surface area contributed by atoms with Crippen molar-refractivity contribution in [3.8, 4) is 11.4 Å². The molecule has 2 N–H and O–H groups in total. The van der Waals surface area contributed by atoms with Crippen LogP contribution in [0.3, 0.4) is 0 Å². The number of nitrogens with two attached hydrogens (primary N) is 1. The van der Waals surface area contributed by atoms with Crippen molar-refractivity contribution in [1.29, 1.82) is 0 Å². The summed E-state index contributed by atoms with van der Waals surface area (Å²) in [6.07, 6.45) is -3.76. The van der Waals surface area contributed by atoms with Crippen LogP contribution >= 0.6 is 0 Å². The summed E-state index contributed by atoms with van der Waals surface area (Å²) in [5, 5.41) is 10.1. The molecule has 3 atom stereocenters. The van der Waals surface area contributed by atoms with E-state index in [1.807, 2.05) is 12.1 Å². The number of methoxy groups -OCH3 is 1. The Morgan fingerprint density at radius 3 is 2.29 bits per heavy atom. The van der Waals surface area contributed by atoms with Crippen LogP contribution in [0.5, 0.6) is 5.75 Å². The van der Waals surface area contributed by atoms with Crippen LogP contribution in [0.15, 0.2) is 78.9 Å². The van der Waals surface area contributed by atoms with Crippen molar-refractivity contribution in [1.82, 2.24) is 30.0 Å². The van der Waals surface area contributed by atoms with E-state index in [0.29, 0.717) is 12.3 Å². The smallest absolute Gasteiger partial charge is 0.453 e. The van der Waals surface area contributed by atoms with E-state index in [0.717, 1.165) is 36.3 Å². The summed E-state index contributed by atoms with van der Waals surface area (Å²) >= 11 is 0. The highest BCUT2D eigenvalue weighted by atomic mass is 19.4. The third-order valence-corrected chi connectivity index (χ3v) is 8.29. The summed E-state index contributed by atoms with van der Waals surface area (Å²) in [4.78, 5) is 4.91. The van der Waals surface area contributed by atoms with Gasteiger partial charge in [-0.05, 0) is 46.2 Å². The number of hydrogen-bond acceptors (Lipinski definition) is 7. The number of alkyl halides is 3. The second-order valence-electron chi connectivity index (χ2n) is 10.7. The molecular formula is C30H32F3N7O. The lowest BCUT2D eigenvalue weighted by atomic mass is 9.82. The van der Waals surface area contributed by atoms with Crippen molar-refractivity contribution >= 4 is 0 Å². The molecule has 214 valence electrons. The van der Waals surface area contributed by atoms with Crippen LogP contribution in [0.25, 0.3) is 5.69 Å². The van der Waals surface area contributed by atoms with E-state index in [-0.39, 0.29) is 29.7 Å². The van der Waals surface area contributed by atoms with Crippen molar-refractivity contribution in [3.05, 3.63) is 101 Å². The van der Waals surface area contributed by atoms with Gasteiger partial charge < -0.3 is 10.5 Å². The summed E-state index contributed by atoms with van der Waals surface area (Å²) in [6, 6.07) is 26.3. The average Bonchev–Trinajstić information content (AvgIpc) is 3.62. The molecule has 3 heterocycles. The number of rotatable bonds is 7. The SMILES string of the molecule is COc1ccc(-n2nnnc2C(F)(F)F)cc1CN1C[C@@H]2[C@@H](N)CCN2[C@H](C(c2ccccc2)c2ccccc2)C1. The molecule has 2 aliphatic heterocycles. The molecule has 41 heavy (non-hydrogen) atoms. The fourth-order valence-electron chi connectivity index (χ4n) is 6.45. The van der Waals surface area contributed by atoms with Crippen LogP contribution in [0.2, 0.25) is 0 Å². The Labute approximate surface area is 236 Å². The number of aromatic nitrogens is 4.